The minimum atomic E-state index is -3.00. The van der Waals surface area contributed by atoms with Crippen LogP contribution in [0, 0.1) is 0 Å². The first-order valence-electron chi connectivity index (χ1n) is 5.05. The molecule has 0 atom stereocenters. The van der Waals surface area contributed by atoms with Crippen molar-refractivity contribution in [3.63, 3.8) is 0 Å². The van der Waals surface area contributed by atoms with Crippen molar-refractivity contribution in [1.82, 2.24) is 10.0 Å². The fraction of sp³-hybridized carbons (Fsp3) is 0.778. The predicted molar refractivity (Wildman–Crippen MR) is 62.8 cm³/mol. The third-order valence-electron chi connectivity index (χ3n) is 2.62. The van der Waals surface area contributed by atoms with Crippen molar-refractivity contribution < 1.29 is 8.42 Å². The fourth-order valence-electron chi connectivity index (χ4n) is 1.52. The van der Waals surface area contributed by atoms with E-state index in [4.69, 9.17) is 0 Å². The molecule has 0 aromatic rings. The zero-order chi connectivity index (χ0) is 10.0. The van der Waals surface area contributed by atoms with Crippen LogP contribution in [-0.2, 0) is 10.0 Å². The highest BCUT2D eigenvalue weighted by molar-refractivity contribution is 7.90. The van der Waals surface area contributed by atoms with Gasteiger partial charge in [0.15, 0.2) is 0 Å². The molecule has 2 rings (SSSR count). The number of nitrogens with one attached hydrogen (secondary N) is 2. The van der Waals surface area contributed by atoms with E-state index >= 15 is 0 Å². The summed E-state index contributed by atoms with van der Waals surface area (Å²) in [5.74, 6) is 0. The quantitative estimate of drug-likeness (QED) is 0.713. The molecule has 2 N–H and O–H groups in total. The first kappa shape index (κ1) is 13.0. The maximum atomic E-state index is 11.5. The molecular formula is C9H17ClN2O2S. The lowest BCUT2D eigenvalue weighted by molar-refractivity contribution is 0.581. The van der Waals surface area contributed by atoms with E-state index in [0.717, 1.165) is 32.4 Å². The number of hydrogen-bond acceptors (Lipinski definition) is 3. The van der Waals surface area contributed by atoms with Gasteiger partial charge in [-0.1, -0.05) is 11.6 Å². The summed E-state index contributed by atoms with van der Waals surface area (Å²) in [4.78, 5) is 0. The monoisotopic (exact) mass is 252 g/mol. The van der Waals surface area contributed by atoms with Crippen LogP contribution >= 0.6 is 12.4 Å². The van der Waals surface area contributed by atoms with Gasteiger partial charge in [0.1, 0.15) is 0 Å². The maximum absolute atomic E-state index is 11.5. The Labute approximate surface area is 97.0 Å². The molecule has 4 nitrogen and oxygen atoms in total. The molecule has 0 unspecified atom stereocenters. The smallest absolute Gasteiger partial charge is 0.214 e. The van der Waals surface area contributed by atoms with Crippen LogP contribution in [-0.4, -0.2) is 33.3 Å². The fourth-order valence-corrected chi connectivity index (χ4v) is 2.90. The van der Waals surface area contributed by atoms with Gasteiger partial charge in [0.2, 0.25) is 10.0 Å². The van der Waals surface area contributed by atoms with E-state index in [1.54, 1.807) is 0 Å². The highest BCUT2D eigenvalue weighted by Gasteiger charge is 2.35. The Morgan fingerprint density at radius 3 is 2.73 bits per heavy atom. The van der Waals surface area contributed by atoms with Crippen LogP contribution in [0.3, 0.4) is 0 Å². The molecule has 1 aliphatic heterocycles. The van der Waals surface area contributed by atoms with E-state index in [1.807, 2.05) is 0 Å². The van der Waals surface area contributed by atoms with Gasteiger partial charge in [-0.15, -0.1) is 12.4 Å². The molecule has 1 aliphatic carbocycles. The molecule has 0 aromatic carbocycles. The average molecular weight is 253 g/mol. The predicted octanol–water partition coefficient (Wildman–Crippen LogP) is 0.410. The zero-order valence-electron chi connectivity index (χ0n) is 8.53. The number of hydrogen-bond donors (Lipinski definition) is 2. The second kappa shape index (κ2) is 5.30. The van der Waals surface area contributed by atoms with Crippen LogP contribution in [0.1, 0.15) is 19.3 Å². The number of sulfonamides is 1. The molecule has 0 spiro atoms. The largest absolute Gasteiger partial charge is 0.313 e. The van der Waals surface area contributed by atoms with Gasteiger partial charge in [-0.25, -0.2) is 13.1 Å². The molecule has 2 aliphatic rings. The summed E-state index contributed by atoms with van der Waals surface area (Å²) in [6.07, 6.45) is 4.68. The van der Waals surface area contributed by atoms with Gasteiger partial charge in [-0.2, -0.15) is 0 Å². The van der Waals surface area contributed by atoms with Crippen molar-refractivity contribution in [2.24, 2.45) is 0 Å². The molecular weight excluding hydrogens is 236 g/mol. The summed E-state index contributed by atoms with van der Waals surface area (Å²) in [5, 5.41) is 3.09. The summed E-state index contributed by atoms with van der Waals surface area (Å²) >= 11 is 0. The van der Waals surface area contributed by atoms with Crippen molar-refractivity contribution in [3.8, 4) is 0 Å². The second-order valence-electron chi connectivity index (χ2n) is 3.88. The van der Waals surface area contributed by atoms with Gasteiger partial charge in [0.25, 0.3) is 0 Å². The molecule has 88 valence electrons. The van der Waals surface area contributed by atoms with Gasteiger partial charge in [-0.3, -0.25) is 0 Å². The second-order valence-corrected chi connectivity index (χ2v) is 5.93. The average Bonchev–Trinajstić information content (AvgIpc) is 3.00. The highest BCUT2D eigenvalue weighted by atomic mass is 35.5. The molecule has 0 bridgehead atoms. The topological polar surface area (TPSA) is 58.2 Å². The molecule has 0 saturated heterocycles. The third kappa shape index (κ3) is 3.75. The van der Waals surface area contributed by atoms with E-state index in [-0.39, 0.29) is 17.7 Å². The van der Waals surface area contributed by atoms with Gasteiger partial charge in [0.05, 0.1) is 5.25 Å². The van der Waals surface area contributed by atoms with Crippen molar-refractivity contribution in [2.75, 3.05) is 19.6 Å². The summed E-state index contributed by atoms with van der Waals surface area (Å²) in [5.41, 5.74) is 1.20. The van der Waals surface area contributed by atoms with Crippen LogP contribution < -0.4 is 10.0 Å². The Bertz CT molecular complexity index is 336. The standard InChI is InChI=1S/C9H16N2O2S.ClH/c12-14(13,9-1-2-9)11-7-8-3-5-10-6-4-8;/h3,9-11H,1-2,4-7H2;1H. The van der Waals surface area contributed by atoms with Crippen LogP contribution in [0.2, 0.25) is 0 Å². The van der Waals surface area contributed by atoms with Crippen molar-refractivity contribution in [2.45, 2.75) is 24.5 Å². The van der Waals surface area contributed by atoms with E-state index in [9.17, 15) is 8.42 Å². The number of halogens is 1. The number of rotatable bonds is 4. The molecule has 0 aromatic heterocycles. The van der Waals surface area contributed by atoms with Crippen LogP contribution in [0.5, 0.6) is 0 Å². The first-order chi connectivity index (χ1) is 6.68. The van der Waals surface area contributed by atoms with Crippen molar-refractivity contribution in [1.29, 1.82) is 0 Å². The normalized spacial score (nSPS) is 21.7. The lowest BCUT2D eigenvalue weighted by atomic mass is 10.1. The SMILES string of the molecule is Cl.O=S(=O)(NCC1=CCNCC1)C1CC1. The molecule has 0 radical (unpaired) electrons. The van der Waals surface area contributed by atoms with E-state index < -0.39 is 10.0 Å². The van der Waals surface area contributed by atoms with Crippen LogP contribution in [0.15, 0.2) is 11.6 Å². The van der Waals surface area contributed by atoms with Gasteiger partial charge >= 0.3 is 0 Å². The van der Waals surface area contributed by atoms with Gasteiger partial charge in [0, 0.05) is 13.1 Å². The minimum Gasteiger partial charge on any atom is -0.313 e. The summed E-state index contributed by atoms with van der Waals surface area (Å²) < 4.78 is 25.6. The molecule has 1 saturated carbocycles. The van der Waals surface area contributed by atoms with E-state index in [2.05, 4.69) is 16.1 Å². The highest BCUT2D eigenvalue weighted by Crippen LogP contribution is 2.27. The lowest BCUT2D eigenvalue weighted by Gasteiger charge is -2.14. The lowest BCUT2D eigenvalue weighted by Crippen LogP contribution is -2.31. The Hall–Kier alpha value is -0.100. The summed E-state index contributed by atoms with van der Waals surface area (Å²) in [7, 11) is -3.00. The summed E-state index contributed by atoms with van der Waals surface area (Å²) in [6, 6.07) is 0. The van der Waals surface area contributed by atoms with Crippen LogP contribution in [0.4, 0.5) is 0 Å². The Morgan fingerprint density at radius 2 is 2.20 bits per heavy atom. The van der Waals surface area contributed by atoms with Crippen molar-refractivity contribution >= 4 is 22.4 Å². The van der Waals surface area contributed by atoms with E-state index in [1.165, 1.54) is 5.57 Å². The Balaban J connectivity index is 0.00000112. The maximum Gasteiger partial charge on any atom is 0.214 e. The summed E-state index contributed by atoms with van der Waals surface area (Å²) in [6.45, 7) is 2.32. The van der Waals surface area contributed by atoms with Crippen molar-refractivity contribution in [3.05, 3.63) is 11.6 Å². The van der Waals surface area contributed by atoms with Crippen LogP contribution in [0.25, 0.3) is 0 Å². The minimum absolute atomic E-state index is 0. The molecule has 0 amide bonds. The Kier molecular flexibility index (Phi) is 4.58. The third-order valence-corrected chi connectivity index (χ3v) is 4.52. The van der Waals surface area contributed by atoms with Gasteiger partial charge in [-0.05, 0) is 25.8 Å². The molecule has 15 heavy (non-hydrogen) atoms. The van der Waals surface area contributed by atoms with E-state index in [0.29, 0.717) is 6.54 Å². The zero-order valence-corrected chi connectivity index (χ0v) is 10.2. The molecule has 1 heterocycles. The van der Waals surface area contributed by atoms with Gasteiger partial charge < -0.3 is 5.32 Å². The molecule has 6 heteroatoms. The first-order valence-corrected chi connectivity index (χ1v) is 6.60. The molecule has 1 fully saturated rings. The Morgan fingerprint density at radius 1 is 1.47 bits per heavy atom.